The number of rotatable bonds is 7. The Balaban J connectivity index is 0.898. The Labute approximate surface area is 226 Å². The number of ether oxygens (including phenoxy) is 3. The van der Waals surface area contributed by atoms with Crippen molar-refractivity contribution >= 4 is 11.6 Å². The van der Waals surface area contributed by atoms with E-state index in [2.05, 4.69) is 39.4 Å². The molecule has 2 aromatic carbocycles. The fourth-order valence-electron chi connectivity index (χ4n) is 6.62. The molecule has 6 rings (SSSR count). The Kier molecular flexibility index (Phi) is 8.02. The van der Waals surface area contributed by atoms with Crippen LogP contribution in [0.2, 0.25) is 0 Å². The molecule has 3 fully saturated rings. The van der Waals surface area contributed by atoms with Crippen LogP contribution in [0.4, 0.5) is 5.69 Å². The second kappa shape index (κ2) is 12.0. The summed E-state index contributed by atoms with van der Waals surface area (Å²) in [5, 5.41) is 3.30. The number of carbonyl (C=O) groups is 1. The van der Waals surface area contributed by atoms with Crippen LogP contribution < -0.4 is 19.7 Å². The van der Waals surface area contributed by atoms with Gasteiger partial charge in [0.15, 0.2) is 11.5 Å². The summed E-state index contributed by atoms with van der Waals surface area (Å²) >= 11 is 0. The van der Waals surface area contributed by atoms with Gasteiger partial charge in [0.2, 0.25) is 6.79 Å². The number of likely N-dealkylation sites (tertiary alicyclic amines) is 1. The Morgan fingerprint density at radius 1 is 0.868 bits per heavy atom. The highest BCUT2D eigenvalue weighted by atomic mass is 16.7. The first kappa shape index (κ1) is 25.5. The van der Waals surface area contributed by atoms with Crippen LogP contribution in [-0.2, 0) is 4.74 Å². The van der Waals surface area contributed by atoms with E-state index in [1.807, 2.05) is 18.2 Å². The molecule has 0 atom stereocenters. The van der Waals surface area contributed by atoms with Crippen molar-refractivity contribution in [2.45, 2.75) is 56.9 Å². The summed E-state index contributed by atoms with van der Waals surface area (Å²) in [6.07, 6.45) is 8.25. The van der Waals surface area contributed by atoms with E-state index in [-0.39, 0.29) is 5.91 Å². The smallest absolute Gasteiger partial charge is 0.251 e. The predicted molar refractivity (Wildman–Crippen MR) is 148 cm³/mol. The third kappa shape index (κ3) is 5.94. The fraction of sp³-hybridized carbons (Fsp3) is 0.581. The van der Waals surface area contributed by atoms with E-state index < -0.39 is 0 Å². The zero-order valence-corrected chi connectivity index (χ0v) is 22.4. The molecule has 0 unspecified atom stereocenters. The van der Waals surface area contributed by atoms with E-state index in [1.54, 1.807) is 0 Å². The number of benzene rings is 2. The van der Waals surface area contributed by atoms with Gasteiger partial charge in [-0.2, -0.15) is 0 Å². The lowest BCUT2D eigenvalue weighted by Crippen LogP contribution is -2.39. The first-order valence-electron chi connectivity index (χ1n) is 14.6. The fourth-order valence-corrected chi connectivity index (χ4v) is 6.62. The van der Waals surface area contributed by atoms with Crippen molar-refractivity contribution in [2.24, 2.45) is 5.92 Å². The summed E-state index contributed by atoms with van der Waals surface area (Å²) in [6, 6.07) is 14.7. The van der Waals surface area contributed by atoms with Crippen LogP contribution in [0.5, 0.6) is 11.5 Å². The van der Waals surface area contributed by atoms with Crippen molar-refractivity contribution in [2.75, 3.05) is 57.6 Å². The maximum Gasteiger partial charge on any atom is 0.251 e. The molecule has 3 aliphatic heterocycles. The second-order valence-electron chi connectivity index (χ2n) is 11.3. The number of morpholine rings is 1. The number of carbonyl (C=O) groups excluding carboxylic acids is 1. The molecule has 2 aromatic rings. The van der Waals surface area contributed by atoms with Gasteiger partial charge in [-0.25, -0.2) is 0 Å². The highest BCUT2D eigenvalue weighted by molar-refractivity contribution is 5.94. The van der Waals surface area contributed by atoms with Crippen LogP contribution in [0.15, 0.2) is 42.5 Å². The van der Waals surface area contributed by atoms with Gasteiger partial charge in [0.05, 0.1) is 13.2 Å². The summed E-state index contributed by atoms with van der Waals surface area (Å²) in [4.78, 5) is 17.8. The molecule has 0 bridgehead atoms. The molecule has 0 aromatic heterocycles. The summed E-state index contributed by atoms with van der Waals surface area (Å²) in [5.74, 6) is 3.28. The number of nitrogens with zero attached hydrogens (tertiary/aromatic N) is 2. The largest absolute Gasteiger partial charge is 0.454 e. The Bertz CT molecular complexity index is 1070. The normalized spacial score (nSPS) is 24.4. The van der Waals surface area contributed by atoms with E-state index >= 15 is 0 Å². The average molecular weight is 520 g/mol. The van der Waals surface area contributed by atoms with Gasteiger partial charge >= 0.3 is 0 Å². The molecule has 3 heterocycles. The molecule has 7 nitrogen and oxygen atoms in total. The third-order valence-electron chi connectivity index (χ3n) is 9.00. The predicted octanol–water partition coefficient (Wildman–Crippen LogP) is 4.81. The van der Waals surface area contributed by atoms with E-state index in [4.69, 9.17) is 14.2 Å². The van der Waals surface area contributed by atoms with Gasteiger partial charge in [0.1, 0.15) is 0 Å². The first-order chi connectivity index (χ1) is 18.7. The Morgan fingerprint density at radius 2 is 1.63 bits per heavy atom. The van der Waals surface area contributed by atoms with Crippen LogP contribution in [0.3, 0.4) is 0 Å². The number of anilines is 1. The summed E-state index contributed by atoms with van der Waals surface area (Å²) in [6.45, 7) is 7.21. The number of para-hydroxylation sites is 1. The van der Waals surface area contributed by atoms with Crippen LogP contribution in [0, 0.1) is 5.92 Å². The van der Waals surface area contributed by atoms with E-state index in [0.29, 0.717) is 18.8 Å². The Morgan fingerprint density at radius 3 is 2.39 bits per heavy atom. The number of nitrogens with one attached hydrogen (secondary N) is 1. The third-order valence-corrected chi connectivity index (χ3v) is 9.00. The molecule has 38 heavy (non-hydrogen) atoms. The van der Waals surface area contributed by atoms with Crippen molar-refractivity contribution in [3.8, 4) is 11.5 Å². The molecule has 1 amide bonds. The first-order valence-corrected chi connectivity index (χ1v) is 14.6. The van der Waals surface area contributed by atoms with Gasteiger partial charge in [-0.1, -0.05) is 12.1 Å². The van der Waals surface area contributed by atoms with Gasteiger partial charge in [-0.15, -0.1) is 0 Å². The number of hydrogen-bond acceptors (Lipinski definition) is 6. The quantitative estimate of drug-likeness (QED) is 0.567. The summed E-state index contributed by atoms with van der Waals surface area (Å²) < 4.78 is 16.8. The number of piperidine rings is 1. The summed E-state index contributed by atoms with van der Waals surface area (Å²) in [5.41, 5.74) is 3.25. The van der Waals surface area contributed by atoms with Gasteiger partial charge < -0.3 is 29.3 Å². The standard InChI is InChI=1S/C31H41N3O4/c35-31(25-6-10-27(11-7-25)34-18-20-36-21-19-34)32-26-8-4-23(5-9-26)12-15-33-16-13-24(14-17-33)28-2-1-3-29-30(28)38-22-37-29/h1-3,6-7,10-11,23-24,26H,4-5,8-9,12-22H2,(H,32,35). The second-order valence-corrected chi connectivity index (χ2v) is 11.3. The molecule has 1 N–H and O–H groups in total. The number of hydrogen-bond donors (Lipinski definition) is 1. The van der Waals surface area contributed by atoms with Crippen molar-refractivity contribution in [1.29, 1.82) is 0 Å². The van der Waals surface area contributed by atoms with Crippen LogP contribution in [0.25, 0.3) is 0 Å². The van der Waals surface area contributed by atoms with Gasteiger partial charge in [0, 0.05) is 35.9 Å². The van der Waals surface area contributed by atoms with Gasteiger partial charge in [-0.05, 0) is 107 Å². The minimum Gasteiger partial charge on any atom is -0.454 e. The molecule has 4 aliphatic rings. The van der Waals surface area contributed by atoms with Gasteiger partial charge in [-0.3, -0.25) is 4.79 Å². The average Bonchev–Trinajstić information content (AvgIpc) is 3.47. The summed E-state index contributed by atoms with van der Waals surface area (Å²) in [7, 11) is 0. The lowest BCUT2D eigenvalue weighted by atomic mass is 9.83. The number of amides is 1. The maximum absolute atomic E-state index is 12.8. The lowest BCUT2D eigenvalue weighted by Gasteiger charge is -2.34. The maximum atomic E-state index is 12.8. The van der Waals surface area contributed by atoms with Crippen LogP contribution in [-0.4, -0.2) is 69.6 Å². The highest BCUT2D eigenvalue weighted by Crippen LogP contribution is 2.42. The molecule has 0 radical (unpaired) electrons. The molecule has 7 heteroatoms. The van der Waals surface area contributed by atoms with E-state index in [9.17, 15) is 4.79 Å². The van der Waals surface area contributed by atoms with Crippen LogP contribution >= 0.6 is 0 Å². The molecule has 0 spiro atoms. The minimum absolute atomic E-state index is 0.0610. The highest BCUT2D eigenvalue weighted by Gasteiger charge is 2.28. The number of fused-ring (bicyclic) bond motifs is 1. The van der Waals surface area contributed by atoms with Gasteiger partial charge in [0.25, 0.3) is 5.91 Å². The van der Waals surface area contributed by atoms with Crippen LogP contribution in [0.1, 0.15) is 66.8 Å². The Hall–Kier alpha value is -2.77. The van der Waals surface area contributed by atoms with Crippen molar-refractivity contribution in [3.63, 3.8) is 0 Å². The zero-order chi connectivity index (χ0) is 25.7. The lowest BCUT2D eigenvalue weighted by molar-refractivity contribution is 0.0919. The monoisotopic (exact) mass is 519 g/mol. The topological polar surface area (TPSA) is 63.3 Å². The molecule has 2 saturated heterocycles. The molecule has 1 saturated carbocycles. The molecule has 204 valence electrons. The molecule has 1 aliphatic carbocycles. The molecular weight excluding hydrogens is 478 g/mol. The van der Waals surface area contributed by atoms with Crippen molar-refractivity contribution < 1.29 is 19.0 Å². The zero-order valence-electron chi connectivity index (χ0n) is 22.4. The van der Waals surface area contributed by atoms with E-state index in [1.165, 1.54) is 49.9 Å². The SMILES string of the molecule is O=C(NC1CCC(CCN2CCC(c3cccc4c3OCO4)CC2)CC1)c1ccc(N2CCOCC2)cc1. The van der Waals surface area contributed by atoms with Crippen molar-refractivity contribution in [3.05, 3.63) is 53.6 Å². The van der Waals surface area contributed by atoms with Crippen molar-refractivity contribution in [1.82, 2.24) is 10.2 Å². The van der Waals surface area contributed by atoms with E-state index in [0.717, 1.165) is 75.2 Å². The minimum atomic E-state index is 0.0610. The molecular formula is C31H41N3O4.